The van der Waals surface area contributed by atoms with Crippen molar-refractivity contribution in [3.8, 4) is 0 Å². The molecular formula is C20H24N2O2S. The summed E-state index contributed by atoms with van der Waals surface area (Å²) in [6.07, 6.45) is 2.69. The molecule has 1 fully saturated rings. The minimum atomic E-state index is -3.39. The first-order chi connectivity index (χ1) is 12.1. The number of nitrogens with zero attached hydrogens (tertiary/aromatic N) is 2. The molecule has 2 aromatic rings. The van der Waals surface area contributed by atoms with E-state index in [0.29, 0.717) is 23.9 Å². The van der Waals surface area contributed by atoms with Crippen molar-refractivity contribution in [2.75, 3.05) is 31.6 Å². The molecule has 2 aliphatic heterocycles. The van der Waals surface area contributed by atoms with E-state index >= 15 is 0 Å². The van der Waals surface area contributed by atoms with Gasteiger partial charge in [-0.15, -0.1) is 0 Å². The van der Waals surface area contributed by atoms with Crippen LogP contribution in [0.15, 0.2) is 53.4 Å². The zero-order chi connectivity index (χ0) is 17.4. The van der Waals surface area contributed by atoms with Crippen LogP contribution < -0.4 is 4.90 Å². The topological polar surface area (TPSA) is 40.6 Å². The van der Waals surface area contributed by atoms with Crippen LogP contribution in [0.2, 0.25) is 0 Å². The second-order valence-corrected chi connectivity index (χ2v) is 8.99. The van der Waals surface area contributed by atoms with Gasteiger partial charge >= 0.3 is 0 Å². The highest BCUT2D eigenvalue weighted by Crippen LogP contribution is 2.33. The molecule has 25 heavy (non-hydrogen) atoms. The molecule has 5 heteroatoms. The van der Waals surface area contributed by atoms with E-state index in [0.717, 1.165) is 37.1 Å². The zero-order valence-electron chi connectivity index (χ0n) is 14.6. The maximum Gasteiger partial charge on any atom is 0.243 e. The SMILES string of the molecule is CN1CCc2cc(S(=O)(=O)N3CCC(c4ccccc4)CC3)ccc21. The largest absolute Gasteiger partial charge is 0.374 e. The van der Waals surface area contributed by atoms with Crippen molar-refractivity contribution < 1.29 is 8.42 Å². The molecule has 0 radical (unpaired) electrons. The number of benzene rings is 2. The second-order valence-electron chi connectivity index (χ2n) is 7.05. The summed E-state index contributed by atoms with van der Waals surface area (Å²) in [5.41, 5.74) is 3.62. The molecule has 4 nitrogen and oxygen atoms in total. The van der Waals surface area contributed by atoms with E-state index in [1.54, 1.807) is 10.4 Å². The Balaban J connectivity index is 1.51. The molecule has 132 valence electrons. The van der Waals surface area contributed by atoms with Crippen molar-refractivity contribution in [3.63, 3.8) is 0 Å². The summed E-state index contributed by atoms with van der Waals surface area (Å²) >= 11 is 0. The van der Waals surface area contributed by atoms with Crippen LogP contribution in [0.3, 0.4) is 0 Å². The lowest BCUT2D eigenvalue weighted by Gasteiger charge is -2.31. The number of anilines is 1. The molecule has 0 unspecified atom stereocenters. The van der Waals surface area contributed by atoms with Gasteiger partial charge in [-0.05, 0) is 54.5 Å². The van der Waals surface area contributed by atoms with Crippen LogP contribution in [0.1, 0.15) is 29.9 Å². The van der Waals surface area contributed by atoms with Gasteiger partial charge in [-0.1, -0.05) is 30.3 Å². The average Bonchev–Trinajstić information content (AvgIpc) is 3.03. The monoisotopic (exact) mass is 356 g/mol. The third-order valence-corrected chi connectivity index (χ3v) is 7.44. The first-order valence-corrected chi connectivity index (χ1v) is 10.4. The lowest BCUT2D eigenvalue weighted by Crippen LogP contribution is -2.37. The second kappa shape index (κ2) is 6.46. The highest BCUT2D eigenvalue weighted by atomic mass is 32.2. The summed E-state index contributed by atoms with van der Waals surface area (Å²) < 4.78 is 27.7. The first-order valence-electron chi connectivity index (χ1n) is 8.95. The molecule has 0 saturated carbocycles. The summed E-state index contributed by atoms with van der Waals surface area (Å²) in [6.45, 7) is 2.15. The lowest BCUT2D eigenvalue weighted by atomic mass is 9.90. The van der Waals surface area contributed by atoms with Crippen LogP contribution in [0.4, 0.5) is 5.69 Å². The molecule has 0 N–H and O–H groups in total. The fourth-order valence-electron chi connectivity index (χ4n) is 4.01. The minimum absolute atomic E-state index is 0.444. The van der Waals surface area contributed by atoms with Crippen LogP contribution in [-0.2, 0) is 16.4 Å². The molecule has 0 amide bonds. The quantitative estimate of drug-likeness (QED) is 0.848. The predicted octanol–water partition coefficient (Wildman–Crippen LogP) is 3.25. The highest BCUT2D eigenvalue weighted by Gasteiger charge is 2.30. The van der Waals surface area contributed by atoms with Gasteiger partial charge in [0.15, 0.2) is 0 Å². The van der Waals surface area contributed by atoms with Gasteiger partial charge in [0.1, 0.15) is 0 Å². The molecular weight excluding hydrogens is 332 g/mol. The van der Waals surface area contributed by atoms with Gasteiger partial charge in [-0.25, -0.2) is 8.42 Å². The number of hydrogen-bond acceptors (Lipinski definition) is 3. The van der Waals surface area contributed by atoms with Crippen LogP contribution in [-0.4, -0.2) is 39.4 Å². The van der Waals surface area contributed by atoms with Gasteiger partial charge in [0, 0.05) is 32.4 Å². The van der Waals surface area contributed by atoms with Crippen molar-refractivity contribution in [2.45, 2.75) is 30.1 Å². The Morgan fingerprint density at radius 1 is 0.960 bits per heavy atom. The van der Waals surface area contributed by atoms with Gasteiger partial charge in [-0.3, -0.25) is 0 Å². The maximum atomic E-state index is 13.0. The van der Waals surface area contributed by atoms with E-state index in [1.807, 2.05) is 25.2 Å². The average molecular weight is 356 g/mol. The van der Waals surface area contributed by atoms with E-state index in [9.17, 15) is 8.42 Å². The number of fused-ring (bicyclic) bond motifs is 1. The smallest absolute Gasteiger partial charge is 0.243 e. The van der Waals surface area contributed by atoms with Crippen molar-refractivity contribution >= 4 is 15.7 Å². The van der Waals surface area contributed by atoms with Crippen LogP contribution in [0, 0.1) is 0 Å². The molecule has 0 atom stereocenters. The number of sulfonamides is 1. The summed E-state index contributed by atoms with van der Waals surface area (Å²) in [7, 11) is -1.34. The fourth-order valence-corrected chi connectivity index (χ4v) is 5.53. The molecule has 2 heterocycles. The van der Waals surface area contributed by atoms with Gasteiger partial charge in [0.05, 0.1) is 4.90 Å². The zero-order valence-corrected chi connectivity index (χ0v) is 15.4. The van der Waals surface area contributed by atoms with Crippen LogP contribution in [0.25, 0.3) is 0 Å². The number of piperidine rings is 1. The Morgan fingerprint density at radius 3 is 2.40 bits per heavy atom. The van der Waals surface area contributed by atoms with E-state index in [1.165, 1.54) is 5.56 Å². The van der Waals surface area contributed by atoms with Crippen molar-refractivity contribution in [1.82, 2.24) is 4.31 Å². The molecule has 1 saturated heterocycles. The van der Waals surface area contributed by atoms with E-state index < -0.39 is 10.0 Å². The minimum Gasteiger partial charge on any atom is -0.374 e. The number of likely N-dealkylation sites (N-methyl/N-ethyl adjacent to an activating group) is 1. The Morgan fingerprint density at radius 2 is 1.68 bits per heavy atom. The summed E-state index contributed by atoms with van der Waals surface area (Å²) in [5.74, 6) is 0.460. The standard InChI is InChI=1S/C20H24N2O2S/c1-21-12-9-18-15-19(7-8-20(18)21)25(23,24)22-13-10-17(11-14-22)16-5-3-2-4-6-16/h2-8,15,17H,9-14H2,1H3. The third kappa shape index (κ3) is 3.07. The first kappa shape index (κ1) is 16.6. The molecule has 2 aromatic carbocycles. The highest BCUT2D eigenvalue weighted by molar-refractivity contribution is 7.89. The molecule has 0 aliphatic carbocycles. The Labute approximate surface area is 150 Å². The Hall–Kier alpha value is -1.85. The molecule has 4 rings (SSSR count). The van der Waals surface area contributed by atoms with E-state index in [2.05, 4.69) is 29.2 Å². The van der Waals surface area contributed by atoms with Gasteiger partial charge in [0.2, 0.25) is 10.0 Å². The molecule has 0 spiro atoms. The van der Waals surface area contributed by atoms with E-state index in [-0.39, 0.29) is 0 Å². The predicted molar refractivity (Wildman–Crippen MR) is 101 cm³/mol. The number of hydrogen-bond donors (Lipinski definition) is 0. The summed E-state index contributed by atoms with van der Waals surface area (Å²) in [5, 5.41) is 0. The third-order valence-electron chi connectivity index (χ3n) is 5.54. The molecule has 0 aromatic heterocycles. The van der Waals surface area contributed by atoms with Crippen molar-refractivity contribution in [2.24, 2.45) is 0 Å². The fraction of sp³-hybridized carbons (Fsp3) is 0.400. The maximum absolute atomic E-state index is 13.0. The van der Waals surface area contributed by atoms with Crippen LogP contribution in [0.5, 0.6) is 0 Å². The lowest BCUT2D eigenvalue weighted by molar-refractivity contribution is 0.319. The Kier molecular flexibility index (Phi) is 4.29. The van der Waals surface area contributed by atoms with E-state index in [4.69, 9.17) is 0 Å². The number of rotatable bonds is 3. The Bertz CT molecular complexity index is 857. The molecule has 2 aliphatic rings. The normalized spacial score (nSPS) is 19.2. The summed E-state index contributed by atoms with van der Waals surface area (Å²) in [6, 6.07) is 16.0. The van der Waals surface area contributed by atoms with Crippen LogP contribution >= 0.6 is 0 Å². The van der Waals surface area contributed by atoms with Gasteiger partial charge in [0.25, 0.3) is 0 Å². The molecule has 0 bridgehead atoms. The van der Waals surface area contributed by atoms with Gasteiger partial charge < -0.3 is 4.90 Å². The van der Waals surface area contributed by atoms with Gasteiger partial charge in [-0.2, -0.15) is 4.31 Å². The van der Waals surface area contributed by atoms with Crippen molar-refractivity contribution in [1.29, 1.82) is 0 Å². The summed E-state index contributed by atoms with van der Waals surface area (Å²) in [4.78, 5) is 2.62. The van der Waals surface area contributed by atoms with Crippen molar-refractivity contribution in [3.05, 3.63) is 59.7 Å².